The van der Waals surface area contributed by atoms with E-state index in [1.54, 1.807) is 24.9 Å². The van der Waals surface area contributed by atoms with Crippen molar-refractivity contribution in [2.45, 2.75) is 20.4 Å². The Hall–Kier alpha value is -2.61. The fourth-order valence-corrected chi connectivity index (χ4v) is 2.76. The number of halogens is 1. The van der Waals surface area contributed by atoms with Gasteiger partial charge in [-0.25, -0.2) is 4.98 Å². The maximum Gasteiger partial charge on any atom is 0.232 e. The van der Waals surface area contributed by atoms with Crippen LogP contribution >= 0.6 is 11.6 Å². The SMILES string of the molecule is COc1c(C)c(Cn2cnc3c(Cl)nc(N)nc32)c[n+]([O-])c1C. The van der Waals surface area contributed by atoms with Crippen LogP contribution in [0.15, 0.2) is 12.5 Å². The summed E-state index contributed by atoms with van der Waals surface area (Å²) in [5.41, 5.74) is 8.80. The summed E-state index contributed by atoms with van der Waals surface area (Å²) in [5.74, 6) is 0.635. The lowest BCUT2D eigenvalue weighted by Gasteiger charge is -2.13. The Bertz CT molecular complexity index is 908. The van der Waals surface area contributed by atoms with E-state index in [1.807, 2.05) is 6.92 Å². The van der Waals surface area contributed by atoms with Crippen LogP contribution < -0.4 is 15.2 Å². The number of fused-ring (bicyclic) bond motifs is 1. The number of methoxy groups -OCH3 is 1. The largest absolute Gasteiger partial charge is 0.618 e. The van der Waals surface area contributed by atoms with E-state index in [-0.39, 0.29) is 11.1 Å². The van der Waals surface area contributed by atoms with Crippen molar-refractivity contribution < 1.29 is 9.47 Å². The van der Waals surface area contributed by atoms with Crippen molar-refractivity contribution in [2.24, 2.45) is 0 Å². The molecule has 2 N–H and O–H groups in total. The van der Waals surface area contributed by atoms with Crippen LogP contribution in [0.5, 0.6) is 5.75 Å². The third-order valence-corrected chi connectivity index (χ3v) is 4.00. The Labute approximate surface area is 137 Å². The highest BCUT2D eigenvalue weighted by molar-refractivity contribution is 6.33. The molecule has 120 valence electrons. The number of rotatable bonds is 3. The minimum atomic E-state index is 0.0707. The van der Waals surface area contributed by atoms with Gasteiger partial charge >= 0.3 is 0 Å². The maximum absolute atomic E-state index is 12.0. The Morgan fingerprint density at radius 3 is 2.83 bits per heavy atom. The molecule has 0 aromatic carbocycles. The maximum atomic E-state index is 12.0. The average molecular weight is 335 g/mol. The Balaban J connectivity index is 2.12. The summed E-state index contributed by atoms with van der Waals surface area (Å²) in [6.45, 7) is 3.99. The van der Waals surface area contributed by atoms with Crippen molar-refractivity contribution >= 4 is 28.7 Å². The molecule has 3 heterocycles. The number of imidazole rings is 1. The molecule has 0 fully saturated rings. The van der Waals surface area contributed by atoms with Crippen LogP contribution in [0.2, 0.25) is 5.15 Å². The summed E-state index contributed by atoms with van der Waals surface area (Å²) in [6, 6.07) is 0. The molecule has 0 radical (unpaired) electrons. The summed E-state index contributed by atoms with van der Waals surface area (Å²) in [4.78, 5) is 12.2. The second kappa shape index (κ2) is 5.54. The van der Waals surface area contributed by atoms with Gasteiger partial charge in [-0.15, -0.1) is 0 Å². The summed E-state index contributed by atoms with van der Waals surface area (Å²) in [6.07, 6.45) is 3.11. The molecule has 0 saturated heterocycles. The number of nitrogen functional groups attached to an aromatic ring is 1. The number of nitrogens with zero attached hydrogens (tertiary/aromatic N) is 5. The molecule has 9 heteroatoms. The van der Waals surface area contributed by atoms with E-state index in [0.29, 0.717) is 29.2 Å². The molecule has 23 heavy (non-hydrogen) atoms. The molecule has 0 aliphatic heterocycles. The topological polar surface area (TPSA) is 106 Å². The number of pyridine rings is 1. The highest BCUT2D eigenvalue weighted by atomic mass is 35.5. The molecule has 3 aromatic heterocycles. The van der Waals surface area contributed by atoms with Crippen LogP contribution in [0.3, 0.4) is 0 Å². The van der Waals surface area contributed by atoms with Crippen LogP contribution in [0.25, 0.3) is 11.2 Å². The van der Waals surface area contributed by atoms with E-state index < -0.39 is 0 Å². The Morgan fingerprint density at radius 1 is 1.39 bits per heavy atom. The van der Waals surface area contributed by atoms with Crippen molar-refractivity contribution in [3.8, 4) is 5.75 Å². The van der Waals surface area contributed by atoms with Crippen LogP contribution in [0, 0.1) is 19.1 Å². The fraction of sp³-hybridized carbons (Fsp3) is 0.286. The van der Waals surface area contributed by atoms with Crippen molar-refractivity contribution in [2.75, 3.05) is 12.8 Å². The van der Waals surface area contributed by atoms with E-state index in [9.17, 15) is 5.21 Å². The van der Waals surface area contributed by atoms with E-state index in [1.165, 1.54) is 6.20 Å². The van der Waals surface area contributed by atoms with Gasteiger partial charge in [0.1, 0.15) is 5.52 Å². The van der Waals surface area contributed by atoms with Crippen molar-refractivity contribution in [3.63, 3.8) is 0 Å². The van der Waals surface area contributed by atoms with Gasteiger partial charge in [-0.3, -0.25) is 0 Å². The van der Waals surface area contributed by atoms with Gasteiger partial charge < -0.3 is 20.2 Å². The molecular formula is C14H15ClN6O2. The first-order chi connectivity index (χ1) is 10.9. The van der Waals surface area contributed by atoms with Gasteiger partial charge in [0.25, 0.3) is 0 Å². The third kappa shape index (κ3) is 2.50. The van der Waals surface area contributed by atoms with Gasteiger partial charge in [0.15, 0.2) is 22.7 Å². The van der Waals surface area contributed by atoms with Crippen molar-refractivity contribution in [1.82, 2.24) is 19.5 Å². The van der Waals surface area contributed by atoms with E-state index >= 15 is 0 Å². The summed E-state index contributed by atoms with van der Waals surface area (Å²) >= 11 is 6.02. The molecule has 0 unspecified atom stereocenters. The first kappa shape index (κ1) is 15.3. The zero-order chi connectivity index (χ0) is 16.7. The van der Waals surface area contributed by atoms with Crippen LogP contribution in [0.1, 0.15) is 16.8 Å². The summed E-state index contributed by atoms with van der Waals surface area (Å²) in [5, 5.41) is 12.2. The Morgan fingerprint density at radius 2 is 2.13 bits per heavy atom. The van der Waals surface area contributed by atoms with E-state index in [4.69, 9.17) is 22.1 Å². The predicted octanol–water partition coefficient (Wildman–Crippen LogP) is 1.37. The lowest BCUT2D eigenvalue weighted by atomic mass is 10.1. The van der Waals surface area contributed by atoms with Gasteiger partial charge in [-0.1, -0.05) is 11.6 Å². The van der Waals surface area contributed by atoms with Crippen LogP contribution in [0.4, 0.5) is 5.95 Å². The summed E-state index contributed by atoms with van der Waals surface area (Å²) in [7, 11) is 1.54. The number of hydrogen-bond donors (Lipinski definition) is 1. The summed E-state index contributed by atoms with van der Waals surface area (Å²) < 4.78 is 7.88. The number of ether oxygens (including phenoxy) is 1. The second-order valence-corrected chi connectivity index (χ2v) is 5.50. The van der Waals surface area contributed by atoms with Gasteiger partial charge in [-0.2, -0.15) is 14.7 Å². The lowest BCUT2D eigenvalue weighted by Crippen LogP contribution is -2.31. The highest BCUT2D eigenvalue weighted by Gasteiger charge is 2.18. The number of anilines is 1. The molecular weight excluding hydrogens is 320 g/mol. The van der Waals surface area contributed by atoms with Gasteiger partial charge in [0.2, 0.25) is 11.6 Å². The first-order valence-corrected chi connectivity index (χ1v) is 7.20. The van der Waals surface area contributed by atoms with Crippen LogP contribution in [-0.4, -0.2) is 26.6 Å². The highest BCUT2D eigenvalue weighted by Crippen LogP contribution is 2.25. The van der Waals surface area contributed by atoms with Gasteiger partial charge in [0.05, 0.1) is 20.0 Å². The average Bonchev–Trinajstić information content (AvgIpc) is 2.89. The molecule has 0 bridgehead atoms. The second-order valence-electron chi connectivity index (χ2n) is 5.14. The molecule has 0 aliphatic rings. The van der Waals surface area contributed by atoms with Gasteiger partial charge in [0, 0.05) is 18.1 Å². The lowest BCUT2D eigenvalue weighted by molar-refractivity contribution is -0.613. The first-order valence-electron chi connectivity index (χ1n) is 6.82. The molecule has 0 atom stereocenters. The normalized spacial score (nSPS) is 11.1. The van der Waals surface area contributed by atoms with Gasteiger partial charge in [-0.05, 0) is 6.92 Å². The van der Waals surface area contributed by atoms with Crippen LogP contribution in [-0.2, 0) is 6.54 Å². The number of nitrogens with two attached hydrogens (primary N) is 1. The zero-order valence-electron chi connectivity index (χ0n) is 12.9. The molecule has 0 amide bonds. The predicted molar refractivity (Wildman–Crippen MR) is 85.3 cm³/mol. The molecule has 3 aromatic rings. The van der Waals surface area contributed by atoms with Crippen molar-refractivity contribution in [3.05, 3.63) is 39.7 Å². The molecule has 0 saturated carbocycles. The molecule has 0 spiro atoms. The zero-order valence-corrected chi connectivity index (χ0v) is 13.6. The molecule has 3 rings (SSSR count). The number of hydrogen-bond acceptors (Lipinski definition) is 6. The molecule has 8 nitrogen and oxygen atoms in total. The fourth-order valence-electron chi connectivity index (χ4n) is 2.54. The smallest absolute Gasteiger partial charge is 0.232 e. The Kier molecular flexibility index (Phi) is 3.69. The minimum absolute atomic E-state index is 0.0707. The van der Waals surface area contributed by atoms with E-state index in [2.05, 4.69) is 15.0 Å². The van der Waals surface area contributed by atoms with E-state index in [0.717, 1.165) is 15.9 Å². The van der Waals surface area contributed by atoms with Crippen molar-refractivity contribution in [1.29, 1.82) is 0 Å². The quantitative estimate of drug-likeness (QED) is 0.440. The standard InChI is InChI=1S/C14H15ClN6O2/c1-7-9(5-21(22)8(2)11(7)23-3)4-20-6-17-10-12(15)18-14(16)19-13(10)20/h5-6H,4H2,1-3H3,(H2,16,18,19). The number of aromatic nitrogens is 5. The minimum Gasteiger partial charge on any atom is -0.618 e. The molecule has 0 aliphatic carbocycles. The monoisotopic (exact) mass is 334 g/mol. The third-order valence-electron chi connectivity index (χ3n) is 3.74.